The second kappa shape index (κ2) is 5.58. The molecule has 0 radical (unpaired) electrons. The van der Waals surface area contributed by atoms with Gasteiger partial charge in [-0.1, -0.05) is 15.9 Å². The molecule has 3 nitrogen and oxygen atoms in total. The van der Waals surface area contributed by atoms with Crippen LogP contribution in [0.2, 0.25) is 0 Å². The van der Waals surface area contributed by atoms with Crippen LogP contribution in [-0.2, 0) is 4.74 Å². The summed E-state index contributed by atoms with van der Waals surface area (Å²) in [6.45, 7) is 2.02. The first-order chi connectivity index (χ1) is 8.61. The summed E-state index contributed by atoms with van der Waals surface area (Å²) in [6, 6.07) is 4.70. The van der Waals surface area contributed by atoms with E-state index in [-0.39, 0.29) is 10.8 Å². The number of halogens is 2. The van der Waals surface area contributed by atoms with Crippen molar-refractivity contribution < 1.29 is 13.9 Å². The molecule has 6 heteroatoms. The van der Waals surface area contributed by atoms with Gasteiger partial charge in [-0.05, 0) is 25.1 Å². The minimum atomic E-state index is -0.480. The number of thiazole rings is 1. The molecule has 0 aliphatic heterocycles. The van der Waals surface area contributed by atoms with Gasteiger partial charge in [0.05, 0.1) is 12.3 Å². The van der Waals surface area contributed by atoms with Gasteiger partial charge in [-0.15, -0.1) is 11.3 Å². The van der Waals surface area contributed by atoms with Crippen molar-refractivity contribution in [3.8, 4) is 11.3 Å². The number of benzene rings is 1. The molecule has 1 aromatic heterocycles. The molecule has 94 valence electrons. The topological polar surface area (TPSA) is 39.2 Å². The predicted octanol–water partition coefficient (Wildman–Crippen LogP) is 3.89. The smallest absolute Gasteiger partial charge is 0.367 e. The lowest BCUT2D eigenvalue weighted by Gasteiger charge is -2.00. The van der Waals surface area contributed by atoms with E-state index in [0.29, 0.717) is 22.3 Å². The van der Waals surface area contributed by atoms with Crippen LogP contribution < -0.4 is 0 Å². The van der Waals surface area contributed by atoms with Crippen LogP contribution in [0.3, 0.4) is 0 Å². The molecule has 1 heterocycles. The Morgan fingerprint density at radius 1 is 1.56 bits per heavy atom. The molecule has 0 amide bonds. The number of aromatic nitrogens is 1. The first kappa shape index (κ1) is 13.2. The van der Waals surface area contributed by atoms with Gasteiger partial charge in [-0.2, -0.15) is 0 Å². The molecular formula is C12H9BrFNO2S. The molecule has 0 fully saturated rings. The number of esters is 1. The number of hydrogen-bond donors (Lipinski definition) is 0. The molecule has 18 heavy (non-hydrogen) atoms. The van der Waals surface area contributed by atoms with E-state index < -0.39 is 5.97 Å². The molecule has 0 unspecified atom stereocenters. The first-order valence-electron chi connectivity index (χ1n) is 5.20. The Bertz CT molecular complexity index is 585. The zero-order valence-corrected chi connectivity index (χ0v) is 11.8. The van der Waals surface area contributed by atoms with Crippen molar-refractivity contribution in [3.05, 3.63) is 38.9 Å². The third kappa shape index (κ3) is 2.76. The van der Waals surface area contributed by atoms with Crippen LogP contribution in [0.1, 0.15) is 16.7 Å². The molecule has 0 saturated carbocycles. The van der Waals surface area contributed by atoms with Gasteiger partial charge in [-0.25, -0.2) is 14.2 Å². The van der Waals surface area contributed by atoms with Gasteiger partial charge >= 0.3 is 5.97 Å². The number of hydrogen-bond acceptors (Lipinski definition) is 4. The molecule has 0 N–H and O–H groups in total. The maximum Gasteiger partial charge on any atom is 0.367 e. The fourth-order valence-electron chi connectivity index (χ4n) is 1.38. The largest absolute Gasteiger partial charge is 0.461 e. The highest BCUT2D eigenvalue weighted by Gasteiger charge is 2.15. The highest BCUT2D eigenvalue weighted by atomic mass is 79.9. The molecule has 0 atom stereocenters. The van der Waals surface area contributed by atoms with Gasteiger partial charge < -0.3 is 4.74 Å². The van der Waals surface area contributed by atoms with E-state index in [0.717, 1.165) is 11.3 Å². The average molecular weight is 330 g/mol. The average Bonchev–Trinajstić information content (AvgIpc) is 2.78. The number of ether oxygens (including phenoxy) is 1. The van der Waals surface area contributed by atoms with Crippen LogP contribution in [0.25, 0.3) is 11.3 Å². The quantitative estimate of drug-likeness (QED) is 0.802. The lowest BCUT2D eigenvalue weighted by Crippen LogP contribution is -2.03. The summed E-state index contributed by atoms with van der Waals surface area (Å²) in [4.78, 5) is 15.5. The van der Waals surface area contributed by atoms with Gasteiger partial charge in [0.1, 0.15) is 5.82 Å². The number of nitrogens with zero attached hydrogens (tertiary/aromatic N) is 1. The second-order valence-electron chi connectivity index (χ2n) is 3.38. The lowest BCUT2D eigenvalue weighted by molar-refractivity contribution is 0.0526. The summed E-state index contributed by atoms with van der Waals surface area (Å²) in [7, 11) is 0. The van der Waals surface area contributed by atoms with Crippen molar-refractivity contribution in [2.75, 3.05) is 6.61 Å². The monoisotopic (exact) mass is 329 g/mol. The van der Waals surface area contributed by atoms with E-state index in [4.69, 9.17) is 4.74 Å². The van der Waals surface area contributed by atoms with E-state index in [1.165, 1.54) is 6.07 Å². The zero-order valence-electron chi connectivity index (χ0n) is 9.44. The molecular weight excluding hydrogens is 321 g/mol. The van der Waals surface area contributed by atoms with Gasteiger partial charge in [0.25, 0.3) is 0 Å². The van der Waals surface area contributed by atoms with Gasteiger partial charge in [0.2, 0.25) is 5.01 Å². The third-order valence-electron chi connectivity index (χ3n) is 2.16. The Labute approximate surface area is 116 Å². The van der Waals surface area contributed by atoms with Gasteiger partial charge in [0, 0.05) is 15.4 Å². The predicted molar refractivity (Wildman–Crippen MR) is 71.2 cm³/mol. The fraction of sp³-hybridized carbons (Fsp3) is 0.167. The molecule has 0 aliphatic rings. The molecule has 2 aromatic rings. The van der Waals surface area contributed by atoms with E-state index >= 15 is 0 Å². The van der Waals surface area contributed by atoms with E-state index in [1.807, 2.05) is 0 Å². The highest BCUT2D eigenvalue weighted by Crippen LogP contribution is 2.27. The normalized spacial score (nSPS) is 10.4. The molecule has 0 spiro atoms. The van der Waals surface area contributed by atoms with Crippen LogP contribution in [-0.4, -0.2) is 17.6 Å². The van der Waals surface area contributed by atoms with E-state index in [2.05, 4.69) is 20.9 Å². The van der Waals surface area contributed by atoms with Crippen molar-refractivity contribution in [1.82, 2.24) is 4.98 Å². The summed E-state index contributed by atoms with van der Waals surface area (Å²) in [5, 5.41) is 1.87. The third-order valence-corrected chi connectivity index (χ3v) is 3.48. The van der Waals surface area contributed by atoms with Crippen LogP contribution in [0.4, 0.5) is 4.39 Å². The van der Waals surface area contributed by atoms with Crippen molar-refractivity contribution >= 4 is 33.2 Å². The Kier molecular flexibility index (Phi) is 4.08. The Balaban J connectivity index is 2.32. The highest BCUT2D eigenvalue weighted by molar-refractivity contribution is 9.10. The summed E-state index contributed by atoms with van der Waals surface area (Å²) < 4.78 is 19.2. The SMILES string of the molecule is CCOC(=O)c1nc(-c2ccc(Br)cc2F)cs1. The van der Waals surface area contributed by atoms with Crippen molar-refractivity contribution in [1.29, 1.82) is 0 Å². The Hall–Kier alpha value is -1.27. The maximum absolute atomic E-state index is 13.7. The van der Waals surface area contributed by atoms with Crippen LogP contribution in [0.5, 0.6) is 0 Å². The number of carbonyl (C=O) groups is 1. The second-order valence-corrected chi connectivity index (χ2v) is 5.16. The first-order valence-corrected chi connectivity index (χ1v) is 6.87. The van der Waals surface area contributed by atoms with Crippen molar-refractivity contribution in [2.24, 2.45) is 0 Å². The maximum atomic E-state index is 13.7. The van der Waals surface area contributed by atoms with E-state index in [1.54, 1.807) is 24.4 Å². The lowest BCUT2D eigenvalue weighted by atomic mass is 10.1. The van der Waals surface area contributed by atoms with Crippen LogP contribution >= 0.6 is 27.3 Å². The van der Waals surface area contributed by atoms with Crippen molar-refractivity contribution in [3.63, 3.8) is 0 Å². The molecule has 0 aliphatic carbocycles. The summed E-state index contributed by atoms with van der Waals surface area (Å²) in [6.07, 6.45) is 0. The van der Waals surface area contributed by atoms with E-state index in [9.17, 15) is 9.18 Å². The molecule has 0 saturated heterocycles. The summed E-state index contributed by atoms with van der Waals surface area (Å²) in [5.74, 6) is -0.864. The molecule has 0 bridgehead atoms. The number of rotatable bonds is 3. The minimum absolute atomic E-state index is 0.231. The molecule has 1 aromatic carbocycles. The molecule has 2 rings (SSSR count). The zero-order chi connectivity index (χ0) is 13.1. The van der Waals surface area contributed by atoms with Gasteiger partial charge in [0.15, 0.2) is 0 Å². The van der Waals surface area contributed by atoms with Gasteiger partial charge in [-0.3, -0.25) is 0 Å². The number of carbonyl (C=O) groups excluding carboxylic acids is 1. The van der Waals surface area contributed by atoms with Crippen LogP contribution in [0, 0.1) is 5.82 Å². The standard InChI is InChI=1S/C12H9BrFNO2S/c1-2-17-12(16)11-15-10(6-18-11)8-4-3-7(13)5-9(8)14/h3-6H,2H2,1H3. The fourth-order valence-corrected chi connectivity index (χ4v) is 2.42. The van der Waals surface area contributed by atoms with Crippen LogP contribution in [0.15, 0.2) is 28.1 Å². The minimum Gasteiger partial charge on any atom is -0.461 e. The Morgan fingerprint density at radius 2 is 2.33 bits per heavy atom. The Morgan fingerprint density at radius 3 is 3.00 bits per heavy atom. The van der Waals surface area contributed by atoms with Crippen molar-refractivity contribution in [2.45, 2.75) is 6.92 Å². The summed E-state index contributed by atoms with van der Waals surface area (Å²) in [5.41, 5.74) is 0.804. The summed E-state index contributed by atoms with van der Waals surface area (Å²) >= 11 is 4.33.